The largest absolute Gasteiger partial charge is 0.497 e. The molecule has 1 aliphatic heterocycles. The summed E-state index contributed by atoms with van der Waals surface area (Å²) in [4.78, 5) is 0. The molecule has 3 fully saturated rings. The van der Waals surface area contributed by atoms with Crippen LogP contribution in [-0.2, 0) is 15.5 Å². The van der Waals surface area contributed by atoms with Gasteiger partial charge in [0.2, 0.25) is 0 Å². The zero-order valence-corrected chi connectivity index (χ0v) is 22.2. The minimum atomic E-state index is -3.18. The van der Waals surface area contributed by atoms with E-state index in [9.17, 15) is 4.57 Å². The topological polar surface area (TPSA) is 50.8 Å². The number of hydrogen-bond acceptors (Lipinski definition) is 3. The molecule has 2 saturated carbocycles. The number of methoxy groups -OCH3 is 1. The maximum Gasteiger partial charge on any atom is 0.344 e. The second-order valence-corrected chi connectivity index (χ2v) is 13.4. The summed E-state index contributed by atoms with van der Waals surface area (Å²) in [7, 11) is -1.43. The summed E-state index contributed by atoms with van der Waals surface area (Å²) in [6.07, 6.45) is 7.71. The van der Waals surface area contributed by atoms with Crippen LogP contribution in [0.2, 0.25) is 0 Å². The second-order valence-electron chi connectivity index (χ2n) is 10.6. The molecule has 0 radical (unpaired) electrons. The zero-order valence-electron chi connectivity index (χ0n) is 19.8. The van der Waals surface area contributed by atoms with Crippen LogP contribution in [0.25, 0.3) is 0 Å². The Morgan fingerprint density at radius 2 is 1.97 bits per heavy atom. The lowest BCUT2D eigenvalue weighted by atomic mass is 9.53. The maximum atomic E-state index is 14.1. The molecule has 5 nitrogen and oxygen atoms in total. The van der Waals surface area contributed by atoms with Crippen LogP contribution in [0.3, 0.4) is 0 Å². The van der Waals surface area contributed by atoms with E-state index in [0.29, 0.717) is 42.6 Å². The van der Waals surface area contributed by atoms with Crippen molar-refractivity contribution in [1.29, 1.82) is 0 Å². The minimum absolute atomic E-state index is 0.0451. The molecule has 0 unspecified atom stereocenters. The van der Waals surface area contributed by atoms with Crippen molar-refractivity contribution in [2.75, 3.05) is 38.5 Å². The first-order valence-corrected chi connectivity index (χ1v) is 15.1. The van der Waals surface area contributed by atoms with Crippen molar-refractivity contribution in [2.45, 2.75) is 63.4 Å². The van der Waals surface area contributed by atoms with E-state index in [4.69, 9.17) is 32.5 Å². The molecule has 1 spiro atoms. The molecule has 0 amide bonds. The standard InChI is InChI=1S/C25H37Cl2N2O3P/c1-24-9-7-21-20-6-4-19(31-2)17-18(20)3-5-22(21)23(24)8-10-25(24)11-14-28-33(30,32-25)29(15-12-26)16-13-27/h4,6,17,21-23H,3,5,7-16H2,1-2H3,(H,28,30)/t21-,22-,23-,24-,25-,33+/m1/s1. The van der Waals surface area contributed by atoms with Gasteiger partial charge in [0.1, 0.15) is 5.75 Å². The number of aryl methyl sites for hydroxylation is 1. The lowest BCUT2D eigenvalue weighted by Gasteiger charge is -2.56. The van der Waals surface area contributed by atoms with Crippen molar-refractivity contribution in [3.8, 4) is 5.75 Å². The lowest BCUT2D eigenvalue weighted by molar-refractivity contribution is -0.0990. The Morgan fingerprint density at radius 1 is 1.18 bits per heavy atom. The molecule has 1 saturated heterocycles. The molecular weight excluding hydrogens is 478 g/mol. The van der Waals surface area contributed by atoms with Gasteiger partial charge in [-0.3, -0.25) is 9.09 Å². The van der Waals surface area contributed by atoms with Crippen LogP contribution in [0.1, 0.15) is 62.5 Å². The third-order valence-electron chi connectivity index (χ3n) is 9.42. The van der Waals surface area contributed by atoms with Gasteiger partial charge < -0.3 is 4.74 Å². The first kappa shape index (κ1) is 24.4. The SMILES string of the molecule is COc1ccc2c(c1)CC[C@@H]1[C@@H]2CC[C@]2(C)[C@@H]1CC[C@@]21CCN[P@@](=O)(N(CCCl)CCCl)O1. The molecule has 1 aromatic carbocycles. The van der Waals surface area contributed by atoms with Gasteiger partial charge in [-0.05, 0) is 86.0 Å². The number of nitrogens with zero attached hydrogens (tertiary/aromatic N) is 1. The number of rotatable bonds is 6. The molecular formula is C25H37Cl2N2O3P. The Labute approximate surface area is 208 Å². The molecule has 6 atom stereocenters. The van der Waals surface area contributed by atoms with Gasteiger partial charge >= 0.3 is 7.67 Å². The van der Waals surface area contributed by atoms with Crippen molar-refractivity contribution < 1.29 is 13.8 Å². The summed E-state index contributed by atoms with van der Waals surface area (Å²) in [6, 6.07) is 6.67. The van der Waals surface area contributed by atoms with Gasteiger partial charge in [-0.25, -0.2) is 9.76 Å². The third-order valence-corrected chi connectivity index (χ3v) is 12.1. The average molecular weight is 515 g/mol. The van der Waals surface area contributed by atoms with Crippen molar-refractivity contribution in [2.24, 2.45) is 17.3 Å². The quantitative estimate of drug-likeness (QED) is 0.362. The smallest absolute Gasteiger partial charge is 0.344 e. The maximum absolute atomic E-state index is 14.1. The number of benzene rings is 1. The molecule has 1 N–H and O–H groups in total. The van der Waals surface area contributed by atoms with Crippen LogP contribution >= 0.6 is 30.9 Å². The van der Waals surface area contributed by atoms with E-state index < -0.39 is 7.67 Å². The van der Waals surface area contributed by atoms with Crippen molar-refractivity contribution >= 4 is 30.9 Å². The van der Waals surface area contributed by atoms with Gasteiger partial charge in [-0.2, -0.15) is 0 Å². The summed E-state index contributed by atoms with van der Waals surface area (Å²) in [5, 5.41) is 3.24. The highest BCUT2D eigenvalue weighted by Crippen LogP contribution is 2.70. The molecule has 3 aliphatic carbocycles. The number of hydrogen-bond donors (Lipinski definition) is 1. The Bertz CT molecular complexity index is 927. The highest BCUT2D eigenvalue weighted by Gasteiger charge is 2.65. The van der Waals surface area contributed by atoms with Crippen LogP contribution in [0.15, 0.2) is 18.2 Å². The van der Waals surface area contributed by atoms with Crippen molar-refractivity contribution in [3.63, 3.8) is 0 Å². The van der Waals surface area contributed by atoms with E-state index >= 15 is 0 Å². The zero-order chi connectivity index (χ0) is 23.3. The predicted molar refractivity (Wildman–Crippen MR) is 135 cm³/mol. The fraction of sp³-hybridized carbons (Fsp3) is 0.760. The van der Waals surface area contributed by atoms with E-state index in [-0.39, 0.29) is 11.0 Å². The Kier molecular flexibility index (Phi) is 6.88. The highest BCUT2D eigenvalue weighted by atomic mass is 35.5. The summed E-state index contributed by atoms with van der Waals surface area (Å²) >= 11 is 12.1. The van der Waals surface area contributed by atoms with Crippen LogP contribution in [0.5, 0.6) is 5.75 Å². The normalized spacial score (nSPS) is 39.8. The summed E-state index contributed by atoms with van der Waals surface area (Å²) in [5.41, 5.74) is 2.71. The van der Waals surface area contributed by atoms with Gasteiger partial charge in [0.15, 0.2) is 0 Å². The van der Waals surface area contributed by atoms with Crippen molar-refractivity contribution in [1.82, 2.24) is 9.76 Å². The number of ether oxygens (including phenoxy) is 1. The van der Waals surface area contributed by atoms with E-state index in [1.165, 1.54) is 24.0 Å². The van der Waals surface area contributed by atoms with Gasteiger partial charge in [-0.15, -0.1) is 23.2 Å². The second kappa shape index (κ2) is 9.30. The summed E-state index contributed by atoms with van der Waals surface area (Å²) in [5.74, 6) is 3.67. The first-order chi connectivity index (χ1) is 15.9. The Morgan fingerprint density at radius 3 is 2.70 bits per heavy atom. The van der Waals surface area contributed by atoms with E-state index in [1.807, 2.05) is 4.67 Å². The number of nitrogens with one attached hydrogen (secondary N) is 1. The molecule has 4 aliphatic rings. The monoisotopic (exact) mass is 514 g/mol. The molecule has 0 aromatic heterocycles. The molecule has 8 heteroatoms. The van der Waals surface area contributed by atoms with Gasteiger partial charge in [0.25, 0.3) is 0 Å². The highest BCUT2D eigenvalue weighted by molar-refractivity contribution is 7.54. The summed E-state index contributed by atoms with van der Waals surface area (Å²) < 4.78 is 28.2. The number of halogens is 2. The summed E-state index contributed by atoms with van der Waals surface area (Å²) in [6.45, 7) is 4.18. The average Bonchev–Trinajstić information content (AvgIpc) is 3.09. The van der Waals surface area contributed by atoms with Crippen LogP contribution in [0.4, 0.5) is 0 Å². The van der Waals surface area contributed by atoms with Crippen LogP contribution in [-0.4, -0.2) is 48.8 Å². The first-order valence-electron chi connectivity index (χ1n) is 12.5. The molecule has 5 rings (SSSR count). The van der Waals surface area contributed by atoms with E-state index in [0.717, 1.165) is 44.4 Å². The van der Waals surface area contributed by atoms with Crippen LogP contribution in [0, 0.1) is 17.3 Å². The molecule has 33 heavy (non-hydrogen) atoms. The predicted octanol–water partition coefficient (Wildman–Crippen LogP) is 6.19. The van der Waals surface area contributed by atoms with Crippen molar-refractivity contribution in [3.05, 3.63) is 29.3 Å². The van der Waals surface area contributed by atoms with Crippen LogP contribution < -0.4 is 9.82 Å². The van der Waals surface area contributed by atoms with Gasteiger partial charge in [0.05, 0.1) is 12.7 Å². The van der Waals surface area contributed by atoms with Gasteiger partial charge in [0, 0.05) is 36.8 Å². The number of alkyl halides is 2. The molecule has 1 aromatic rings. The van der Waals surface area contributed by atoms with E-state index in [1.54, 1.807) is 7.11 Å². The molecule has 184 valence electrons. The number of fused-ring (bicyclic) bond motifs is 6. The Hall–Kier alpha value is -0.290. The molecule has 1 heterocycles. The molecule has 0 bridgehead atoms. The Balaban J connectivity index is 1.42. The third kappa shape index (κ3) is 3.90. The van der Waals surface area contributed by atoms with Gasteiger partial charge in [-0.1, -0.05) is 13.0 Å². The van der Waals surface area contributed by atoms with E-state index in [2.05, 4.69) is 30.2 Å². The fourth-order valence-corrected chi connectivity index (χ4v) is 10.8. The minimum Gasteiger partial charge on any atom is -0.497 e. The fourth-order valence-electron chi connectivity index (χ4n) is 7.78. The lowest BCUT2D eigenvalue weighted by Crippen LogP contribution is -2.56.